The number of carbonyl (C=O) groups is 1. The lowest BCUT2D eigenvalue weighted by Gasteiger charge is -2.34. The predicted molar refractivity (Wildman–Crippen MR) is 113 cm³/mol. The van der Waals surface area contributed by atoms with Crippen LogP contribution in [-0.4, -0.2) is 41.9 Å². The van der Waals surface area contributed by atoms with Gasteiger partial charge in [0.2, 0.25) is 0 Å². The highest BCUT2D eigenvalue weighted by molar-refractivity contribution is 5.88. The minimum Gasteiger partial charge on any atom is -0.477 e. The SMILES string of the molecule is CO[C@@H]1CCN(c2cc3c(cc2C)-c2cc(=O)c(C(=O)O)cn2C(C(C)C)C3)C1. The van der Waals surface area contributed by atoms with Crippen molar-refractivity contribution in [3.63, 3.8) is 0 Å². The number of carboxylic acid groups (broad SMARTS) is 1. The van der Waals surface area contributed by atoms with E-state index in [0.717, 1.165) is 42.8 Å². The molecule has 1 saturated heterocycles. The number of nitrogens with zero attached hydrogens (tertiary/aromatic N) is 2. The van der Waals surface area contributed by atoms with Gasteiger partial charge in [-0.2, -0.15) is 0 Å². The zero-order chi connectivity index (χ0) is 20.9. The molecular weight excluding hydrogens is 368 g/mol. The van der Waals surface area contributed by atoms with Crippen LogP contribution in [0.3, 0.4) is 0 Å². The van der Waals surface area contributed by atoms with Crippen molar-refractivity contribution in [1.82, 2.24) is 4.57 Å². The van der Waals surface area contributed by atoms with Gasteiger partial charge in [-0.05, 0) is 48.9 Å². The van der Waals surface area contributed by atoms with E-state index in [4.69, 9.17) is 4.74 Å². The molecule has 1 N–H and O–H groups in total. The molecule has 2 aliphatic heterocycles. The first-order valence-corrected chi connectivity index (χ1v) is 10.2. The highest BCUT2D eigenvalue weighted by atomic mass is 16.5. The van der Waals surface area contributed by atoms with Crippen LogP contribution in [0, 0.1) is 12.8 Å². The van der Waals surface area contributed by atoms with Gasteiger partial charge in [0.25, 0.3) is 0 Å². The molecule has 29 heavy (non-hydrogen) atoms. The Kier molecular flexibility index (Phi) is 4.99. The van der Waals surface area contributed by atoms with Gasteiger partial charge in [0.05, 0.1) is 11.8 Å². The molecule has 154 valence electrons. The largest absolute Gasteiger partial charge is 0.477 e. The van der Waals surface area contributed by atoms with Crippen molar-refractivity contribution in [3.8, 4) is 11.3 Å². The number of carboxylic acids is 1. The normalized spacial score (nSPS) is 20.7. The summed E-state index contributed by atoms with van der Waals surface area (Å²) < 4.78 is 7.52. The number of benzene rings is 1. The van der Waals surface area contributed by atoms with E-state index < -0.39 is 11.4 Å². The van der Waals surface area contributed by atoms with Crippen molar-refractivity contribution in [2.75, 3.05) is 25.1 Å². The van der Waals surface area contributed by atoms with Crippen LogP contribution in [-0.2, 0) is 11.2 Å². The van der Waals surface area contributed by atoms with E-state index in [1.54, 1.807) is 7.11 Å². The topological polar surface area (TPSA) is 71.8 Å². The fourth-order valence-corrected chi connectivity index (χ4v) is 4.71. The number of hydrogen-bond acceptors (Lipinski definition) is 4. The second kappa shape index (κ2) is 7.34. The molecule has 0 bridgehead atoms. The molecule has 6 heteroatoms. The number of hydrogen-bond donors (Lipinski definition) is 1. The number of aryl methyl sites for hydroxylation is 1. The molecule has 0 radical (unpaired) electrons. The summed E-state index contributed by atoms with van der Waals surface area (Å²) >= 11 is 0. The molecule has 2 aromatic rings. The molecule has 1 fully saturated rings. The Hall–Kier alpha value is -2.60. The Bertz CT molecular complexity index is 1020. The number of anilines is 1. The summed E-state index contributed by atoms with van der Waals surface area (Å²) in [4.78, 5) is 26.3. The fourth-order valence-electron chi connectivity index (χ4n) is 4.71. The summed E-state index contributed by atoms with van der Waals surface area (Å²) in [6.45, 7) is 8.23. The Labute approximate surface area is 170 Å². The minimum absolute atomic E-state index is 0.108. The minimum atomic E-state index is -1.17. The van der Waals surface area contributed by atoms with E-state index in [1.165, 1.54) is 23.5 Å². The monoisotopic (exact) mass is 396 g/mol. The van der Waals surface area contributed by atoms with E-state index in [0.29, 0.717) is 5.92 Å². The van der Waals surface area contributed by atoms with Gasteiger partial charge in [0, 0.05) is 49.8 Å². The molecule has 2 atom stereocenters. The number of fused-ring (bicyclic) bond motifs is 3. The second-order valence-electron chi connectivity index (χ2n) is 8.55. The van der Waals surface area contributed by atoms with Gasteiger partial charge in [-0.3, -0.25) is 4.79 Å². The van der Waals surface area contributed by atoms with Gasteiger partial charge in [-0.25, -0.2) is 4.79 Å². The molecule has 6 nitrogen and oxygen atoms in total. The van der Waals surface area contributed by atoms with Gasteiger partial charge in [0.1, 0.15) is 5.56 Å². The van der Waals surface area contributed by atoms with Crippen LogP contribution in [0.15, 0.2) is 29.2 Å². The number of ether oxygens (including phenoxy) is 1. The molecule has 4 rings (SSSR count). The van der Waals surface area contributed by atoms with Crippen molar-refractivity contribution in [2.24, 2.45) is 5.92 Å². The maximum atomic E-state index is 12.4. The van der Waals surface area contributed by atoms with Crippen LogP contribution in [0.1, 0.15) is 47.8 Å². The summed E-state index contributed by atoms with van der Waals surface area (Å²) in [7, 11) is 1.77. The van der Waals surface area contributed by atoms with Crippen molar-refractivity contribution in [2.45, 2.75) is 45.8 Å². The molecule has 0 spiro atoms. The fraction of sp³-hybridized carbons (Fsp3) is 0.478. The zero-order valence-electron chi connectivity index (χ0n) is 17.4. The summed E-state index contributed by atoms with van der Waals surface area (Å²) in [5.41, 5.74) is 4.83. The first-order valence-electron chi connectivity index (χ1n) is 10.2. The molecule has 1 unspecified atom stereocenters. The third-order valence-corrected chi connectivity index (χ3v) is 6.38. The highest BCUT2D eigenvalue weighted by Gasteiger charge is 2.30. The number of rotatable bonds is 4. The van der Waals surface area contributed by atoms with E-state index in [1.807, 2.05) is 4.57 Å². The van der Waals surface area contributed by atoms with Crippen LogP contribution >= 0.6 is 0 Å². The maximum Gasteiger partial charge on any atom is 0.341 e. The summed E-state index contributed by atoms with van der Waals surface area (Å²) in [6, 6.07) is 6.01. The number of aromatic carboxylic acids is 1. The summed E-state index contributed by atoms with van der Waals surface area (Å²) in [5.74, 6) is -0.868. The third-order valence-electron chi connectivity index (χ3n) is 6.38. The van der Waals surface area contributed by atoms with Crippen LogP contribution < -0.4 is 10.3 Å². The molecule has 1 aromatic carbocycles. The molecule has 0 aliphatic carbocycles. The third kappa shape index (κ3) is 3.35. The van der Waals surface area contributed by atoms with Gasteiger partial charge < -0.3 is 19.3 Å². The Morgan fingerprint density at radius 2 is 2.03 bits per heavy atom. The second-order valence-corrected chi connectivity index (χ2v) is 8.55. The van der Waals surface area contributed by atoms with Gasteiger partial charge >= 0.3 is 5.97 Å². The van der Waals surface area contributed by atoms with E-state index in [-0.39, 0.29) is 17.7 Å². The van der Waals surface area contributed by atoms with Gasteiger partial charge in [-0.1, -0.05) is 13.8 Å². The standard InChI is InChI=1S/C23H28N2O4/c1-13(2)19-8-15-9-20(24-6-5-16(11-24)29-4)14(3)7-17(15)21-10-22(26)18(23(27)28)12-25(19)21/h7,9-10,12-13,16,19H,5-6,8,11H2,1-4H3,(H,27,28)/t16-,19?/m1/s1. The van der Waals surface area contributed by atoms with Crippen LogP contribution in [0.5, 0.6) is 0 Å². The van der Waals surface area contributed by atoms with Gasteiger partial charge in [-0.15, -0.1) is 0 Å². The van der Waals surface area contributed by atoms with E-state index >= 15 is 0 Å². The number of methoxy groups -OCH3 is 1. The predicted octanol–water partition coefficient (Wildman–Crippen LogP) is 3.50. The molecule has 3 heterocycles. The lowest BCUT2D eigenvalue weighted by molar-refractivity contribution is 0.0694. The van der Waals surface area contributed by atoms with E-state index in [2.05, 4.69) is 37.8 Å². The average molecular weight is 396 g/mol. The average Bonchev–Trinajstić information content (AvgIpc) is 3.15. The zero-order valence-corrected chi connectivity index (χ0v) is 17.4. The van der Waals surface area contributed by atoms with Crippen LogP contribution in [0.2, 0.25) is 0 Å². The summed E-state index contributed by atoms with van der Waals surface area (Å²) in [6.07, 6.45) is 3.64. The first-order chi connectivity index (χ1) is 13.8. The molecule has 0 saturated carbocycles. The smallest absolute Gasteiger partial charge is 0.341 e. The quantitative estimate of drug-likeness (QED) is 0.856. The van der Waals surface area contributed by atoms with Crippen molar-refractivity contribution in [1.29, 1.82) is 0 Å². The van der Waals surface area contributed by atoms with Crippen LogP contribution in [0.4, 0.5) is 5.69 Å². The molecule has 1 aromatic heterocycles. The Morgan fingerprint density at radius 3 is 2.66 bits per heavy atom. The van der Waals surface area contributed by atoms with Crippen molar-refractivity contribution >= 4 is 11.7 Å². The molecular formula is C23H28N2O4. The Morgan fingerprint density at radius 1 is 1.28 bits per heavy atom. The van der Waals surface area contributed by atoms with Crippen LogP contribution in [0.25, 0.3) is 11.3 Å². The lowest BCUT2D eigenvalue weighted by atomic mass is 9.86. The highest BCUT2D eigenvalue weighted by Crippen LogP contribution is 2.40. The number of aromatic nitrogens is 1. The van der Waals surface area contributed by atoms with Crippen molar-refractivity contribution < 1.29 is 14.6 Å². The van der Waals surface area contributed by atoms with E-state index in [9.17, 15) is 14.7 Å². The number of pyridine rings is 1. The maximum absolute atomic E-state index is 12.4. The Balaban J connectivity index is 1.85. The summed E-state index contributed by atoms with van der Waals surface area (Å²) in [5, 5.41) is 9.40. The lowest BCUT2D eigenvalue weighted by Crippen LogP contribution is -2.29. The first kappa shape index (κ1) is 19.7. The molecule has 0 amide bonds. The van der Waals surface area contributed by atoms with Crippen molar-refractivity contribution in [3.05, 3.63) is 51.3 Å². The van der Waals surface area contributed by atoms with Gasteiger partial charge in [0.15, 0.2) is 5.43 Å². The molecule has 2 aliphatic rings.